The van der Waals surface area contributed by atoms with Crippen LogP contribution in [0.2, 0.25) is 0 Å². The summed E-state index contributed by atoms with van der Waals surface area (Å²) in [7, 11) is 10.8. The Kier molecular flexibility index (Phi) is 33.4. The zero-order valence-electron chi connectivity index (χ0n) is 53.0. The van der Waals surface area contributed by atoms with E-state index in [1.165, 1.54) is 0 Å². The highest BCUT2D eigenvalue weighted by Gasteiger charge is 2.44. The van der Waals surface area contributed by atoms with Gasteiger partial charge in [-0.05, 0) is 143 Å². The molecule has 3 N–H and O–H groups in total. The van der Waals surface area contributed by atoms with Crippen LogP contribution in [0.4, 0.5) is 0 Å². The van der Waals surface area contributed by atoms with Crippen LogP contribution in [-0.2, 0) is 61.9 Å². The molecule has 4 aliphatic heterocycles. The standard InChI is InChI=1S/C33H57NO9.C31H50ClNO7/c1-10-28-25(19-35)15-20(2)11-13-27(36)22(4)16-24(18-30(39-8)40-9)32(21(3)12-14-29(37)42-28)43-33-31(38)26(34(6)7)17-23(5)41-33;1-8-27-24(18-32)15-19(2)9-11-26(35)21(4)16-23(13-14-34)30(20(3)10-12-28(36)39-27)40-31-29(37)25(33(6)7)17-22(5)38-31/h11,13,15,21-26,28,30-33,35,38H,10,12,14,16-19H2,1-9H3;9,11,14-15,20-25,27,29-31,37H,8,10,12-13,16-18H2,1-7H3/b13-11+,20-15+;11-9+,19-15+/t21-,22+,23?,24+,25+,26?,28+,31?,32+,33?;20-,21+,22?,23-,24+,25?,27+,29?,30+,31?/m00/s1. The van der Waals surface area contributed by atoms with Gasteiger partial charge in [0.15, 0.2) is 30.4 Å². The number of hydrogen-bond acceptors (Lipinski definition) is 18. The molecule has 0 saturated carbocycles. The summed E-state index contributed by atoms with van der Waals surface area (Å²) >= 11 is 6.24. The lowest BCUT2D eigenvalue weighted by atomic mass is 9.80. The van der Waals surface area contributed by atoms with Gasteiger partial charge < -0.3 is 67.8 Å². The van der Waals surface area contributed by atoms with Crippen LogP contribution >= 0.6 is 11.6 Å². The number of hydrogen-bond donors (Lipinski definition) is 3. The van der Waals surface area contributed by atoms with E-state index in [-0.39, 0.29) is 133 Å². The molecule has 0 radical (unpaired) electrons. The van der Waals surface area contributed by atoms with Crippen LogP contribution < -0.4 is 0 Å². The molecule has 476 valence electrons. The van der Waals surface area contributed by atoms with Crippen molar-refractivity contribution in [2.24, 2.45) is 47.3 Å². The average Bonchev–Trinajstić information content (AvgIpc) is 3.47. The summed E-state index contributed by atoms with van der Waals surface area (Å²) in [6.45, 7) is 19.1. The molecule has 2 saturated heterocycles. The van der Waals surface area contributed by atoms with E-state index in [1.807, 2.05) is 119 Å². The minimum atomic E-state index is -0.900. The van der Waals surface area contributed by atoms with E-state index in [0.29, 0.717) is 57.8 Å². The Balaban J connectivity index is 0.000000436. The van der Waals surface area contributed by atoms with Gasteiger partial charge in [0.25, 0.3) is 0 Å². The van der Waals surface area contributed by atoms with Crippen molar-refractivity contribution < 1.29 is 77.2 Å². The summed E-state index contributed by atoms with van der Waals surface area (Å²) in [4.78, 5) is 68.2. The molecule has 4 aliphatic rings. The van der Waals surface area contributed by atoms with Crippen LogP contribution in [0.3, 0.4) is 0 Å². The molecule has 0 spiro atoms. The molecule has 18 nitrogen and oxygen atoms in total. The second kappa shape index (κ2) is 37.5. The van der Waals surface area contributed by atoms with Gasteiger partial charge in [0, 0.05) is 81.5 Å². The van der Waals surface area contributed by atoms with Crippen LogP contribution in [0.1, 0.15) is 146 Å². The smallest absolute Gasteiger partial charge is 0.306 e. The second-order valence-corrected chi connectivity index (χ2v) is 24.8. The zero-order chi connectivity index (χ0) is 62.2. The van der Waals surface area contributed by atoms with Crippen molar-refractivity contribution in [1.82, 2.24) is 9.80 Å². The number of likely N-dealkylation sites (N-methyl/N-ethyl adjacent to an activating group) is 2. The van der Waals surface area contributed by atoms with Gasteiger partial charge >= 0.3 is 11.9 Å². The summed E-state index contributed by atoms with van der Waals surface area (Å²) in [5, 5.41) is 32.5. The Labute approximate surface area is 502 Å². The van der Waals surface area contributed by atoms with E-state index in [0.717, 1.165) is 17.4 Å². The monoisotopic (exact) mass is 1190 g/mol. The molecule has 2 fully saturated rings. The van der Waals surface area contributed by atoms with Crippen molar-refractivity contribution in [3.8, 4) is 0 Å². The van der Waals surface area contributed by atoms with E-state index >= 15 is 0 Å². The summed E-state index contributed by atoms with van der Waals surface area (Å²) in [6, 6.07) is -0.306. The average molecular weight is 1200 g/mol. The third-order valence-electron chi connectivity index (χ3n) is 17.2. The molecule has 0 amide bonds. The van der Waals surface area contributed by atoms with Crippen LogP contribution in [0.5, 0.6) is 0 Å². The van der Waals surface area contributed by atoms with E-state index in [1.54, 1.807) is 38.5 Å². The highest BCUT2D eigenvalue weighted by atomic mass is 35.5. The number of aldehydes is 1. The maximum Gasteiger partial charge on any atom is 0.306 e. The molecule has 0 aromatic heterocycles. The number of ether oxygens (including phenoxy) is 8. The lowest BCUT2D eigenvalue weighted by Gasteiger charge is -2.44. The first kappa shape index (κ1) is 74.0. The van der Waals surface area contributed by atoms with Gasteiger partial charge in [0.1, 0.15) is 30.7 Å². The Hall–Kier alpha value is -3.24. The SMILES string of the molecule is CC[C@H]1OC(=O)CC[C@H](C)[C@@H](OC2OC(C)CC(N(C)C)C2O)[C@@H](CC(OC)OC)C[C@@H](C)C(=O)/C=C/C(C)=C/[C@@H]1CO.CC[C@H]1OC(=O)CC[C@H](C)[C@@H](OC2OC(C)CC(N(C)C)C2O)[C@@H](CC=O)C[C@@H](C)C(=O)/C=C/C(C)=C/[C@@H]1CCl. The number of halogens is 1. The second-order valence-electron chi connectivity index (χ2n) is 24.5. The first-order chi connectivity index (χ1) is 39.2. The van der Waals surface area contributed by atoms with Crippen molar-refractivity contribution in [1.29, 1.82) is 0 Å². The first-order valence-electron chi connectivity index (χ1n) is 30.4. The molecule has 83 heavy (non-hydrogen) atoms. The predicted molar refractivity (Wildman–Crippen MR) is 320 cm³/mol. The lowest BCUT2D eigenvalue weighted by molar-refractivity contribution is -0.282. The number of aliphatic hydroxyl groups is 3. The highest BCUT2D eigenvalue weighted by Crippen LogP contribution is 2.37. The zero-order valence-corrected chi connectivity index (χ0v) is 53.7. The predicted octanol–water partition coefficient (Wildman–Crippen LogP) is 8.59. The van der Waals surface area contributed by atoms with Crippen molar-refractivity contribution in [2.45, 2.75) is 226 Å². The largest absolute Gasteiger partial charge is 0.462 e. The van der Waals surface area contributed by atoms with Crippen molar-refractivity contribution in [2.75, 3.05) is 54.9 Å². The molecule has 0 aliphatic carbocycles. The molecule has 8 unspecified atom stereocenters. The van der Waals surface area contributed by atoms with Crippen LogP contribution in [0.15, 0.2) is 47.6 Å². The maximum absolute atomic E-state index is 13.3. The first-order valence-corrected chi connectivity index (χ1v) is 31.0. The van der Waals surface area contributed by atoms with Gasteiger partial charge in [-0.3, -0.25) is 19.2 Å². The van der Waals surface area contributed by atoms with Gasteiger partial charge in [-0.1, -0.05) is 77.0 Å². The van der Waals surface area contributed by atoms with Crippen molar-refractivity contribution in [3.63, 3.8) is 0 Å². The molecular formula is C64H107ClN2O16. The number of nitrogens with zero attached hydrogens (tertiary/aromatic N) is 2. The third kappa shape index (κ3) is 23.8. The van der Waals surface area contributed by atoms with Crippen LogP contribution in [0.25, 0.3) is 0 Å². The van der Waals surface area contributed by atoms with Gasteiger partial charge in [0.05, 0.1) is 31.0 Å². The summed E-state index contributed by atoms with van der Waals surface area (Å²) in [5.74, 6) is -2.58. The van der Waals surface area contributed by atoms with E-state index in [4.69, 9.17) is 49.5 Å². The number of aliphatic hydroxyl groups excluding tert-OH is 3. The molecule has 4 rings (SSSR count). The fourth-order valence-electron chi connectivity index (χ4n) is 12.1. The Morgan fingerprint density at radius 1 is 0.651 bits per heavy atom. The van der Waals surface area contributed by atoms with Gasteiger partial charge in [-0.25, -0.2) is 0 Å². The normalized spacial score (nSPS) is 38.4. The maximum atomic E-state index is 13.3. The lowest BCUT2D eigenvalue weighted by Crippen LogP contribution is -2.56. The minimum Gasteiger partial charge on any atom is -0.462 e. The number of cyclic esters (lactones) is 2. The number of carbonyl (C=O) groups excluding carboxylic acids is 5. The molecule has 4 heterocycles. The number of carbonyl (C=O) groups is 5. The highest BCUT2D eigenvalue weighted by molar-refractivity contribution is 6.18. The Bertz CT molecular complexity index is 2100. The minimum absolute atomic E-state index is 0.0307. The molecule has 20 atom stereocenters. The number of alkyl halides is 1. The van der Waals surface area contributed by atoms with E-state index < -0.39 is 49.4 Å². The third-order valence-corrected chi connectivity index (χ3v) is 17.5. The number of rotatable bonds is 16. The van der Waals surface area contributed by atoms with Gasteiger partial charge in [-0.15, -0.1) is 11.6 Å². The molecule has 0 aromatic carbocycles. The van der Waals surface area contributed by atoms with Gasteiger partial charge in [0.2, 0.25) is 0 Å². The number of methoxy groups -OCH3 is 2. The Morgan fingerprint density at radius 3 is 1.45 bits per heavy atom. The summed E-state index contributed by atoms with van der Waals surface area (Å²) in [5.41, 5.74) is 1.67. The topological polar surface area (TPSA) is 226 Å². The number of esters is 2. The molecule has 0 bridgehead atoms. The van der Waals surface area contributed by atoms with Gasteiger partial charge in [-0.2, -0.15) is 0 Å². The molecule has 19 heteroatoms. The fraction of sp³-hybridized carbons (Fsp3) is 0.797. The number of allylic oxidation sites excluding steroid dienone is 6. The molecule has 0 aromatic rings. The molecular weight excluding hydrogens is 1090 g/mol. The Morgan fingerprint density at radius 2 is 1.06 bits per heavy atom. The van der Waals surface area contributed by atoms with E-state index in [2.05, 4.69) is 0 Å². The van der Waals surface area contributed by atoms with E-state index in [9.17, 15) is 39.3 Å². The van der Waals surface area contributed by atoms with Crippen molar-refractivity contribution in [3.05, 3.63) is 47.6 Å². The van der Waals surface area contributed by atoms with Crippen molar-refractivity contribution >= 4 is 41.4 Å². The van der Waals surface area contributed by atoms with Crippen LogP contribution in [0, 0.1) is 47.3 Å². The summed E-state index contributed by atoms with van der Waals surface area (Å²) in [6.07, 6.45) is 10.3. The fourth-order valence-corrected chi connectivity index (χ4v) is 12.3. The quantitative estimate of drug-likeness (QED) is 0.0569. The van der Waals surface area contributed by atoms with Crippen LogP contribution in [-0.4, -0.2) is 190 Å². The summed E-state index contributed by atoms with van der Waals surface area (Å²) < 4.78 is 48.2. The number of ketones is 2.